The molecule has 1 N–H and O–H groups in total. The van der Waals surface area contributed by atoms with Crippen LogP contribution in [0.15, 0.2) is 18.2 Å². The van der Waals surface area contributed by atoms with Gasteiger partial charge in [-0.3, -0.25) is 0 Å². The number of methoxy groups -OCH3 is 2. The molecule has 0 spiro atoms. The minimum Gasteiger partial charge on any atom is -0.497 e. The first-order valence-corrected chi connectivity index (χ1v) is 7.40. The van der Waals surface area contributed by atoms with Crippen molar-refractivity contribution in [3.8, 4) is 11.5 Å². The Kier molecular flexibility index (Phi) is 4.76. The normalized spacial score (nSPS) is 17.9. The Morgan fingerprint density at radius 2 is 1.95 bits per heavy atom. The smallest absolute Gasteiger partial charge is 0.142 e. The summed E-state index contributed by atoms with van der Waals surface area (Å²) < 4.78 is 10.9. The number of rotatable bonds is 5. The summed E-state index contributed by atoms with van der Waals surface area (Å²) in [6.07, 6.45) is 2.26. The van der Waals surface area contributed by atoms with Crippen LogP contribution in [0.4, 0.5) is 5.69 Å². The van der Waals surface area contributed by atoms with Crippen LogP contribution in [0.25, 0.3) is 0 Å². The maximum atomic E-state index is 5.52. The lowest BCUT2D eigenvalue weighted by Gasteiger charge is -2.44. The van der Waals surface area contributed by atoms with Crippen molar-refractivity contribution in [1.82, 2.24) is 5.32 Å². The largest absolute Gasteiger partial charge is 0.497 e. The predicted molar refractivity (Wildman–Crippen MR) is 83.1 cm³/mol. The van der Waals surface area contributed by atoms with E-state index >= 15 is 0 Å². The fourth-order valence-electron chi connectivity index (χ4n) is 2.93. The molecule has 1 heterocycles. The van der Waals surface area contributed by atoms with Crippen LogP contribution in [-0.2, 0) is 0 Å². The van der Waals surface area contributed by atoms with Crippen LogP contribution in [0.1, 0.15) is 26.7 Å². The molecular formula is C16H26N2O2. The molecule has 4 heteroatoms. The van der Waals surface area contributed by atoms with Crippen LogP contribution in [0.2, 0.25) is 0 Å². The average molecular weight is 278 g/mol. The third-order valence-corrected chi connectivity index (χ3v) is 4.46. The van der Waals surface area contributed by atoms with Crippen LogP contribution in [0.3, 0.4) is 0 Å². The fraction of sp³-hybridized carbons (Fsp3) is 0.625. The zero-order chi connectivity index (χ0) is 14.6. The lowest BCUT2D eigenvalue weighted by atomic mass is 9.90. The van der Waals surface area contributed by atoms with Gasteiger partial charge in [-0.05, 0) is 25.0 Å². The second-order valence-electron chi connectivity index (χ2n) is 5.37. The summed E-state index contributed by atoms with van der Waals surface area (Å²) in [7, 11) is 3.42. The van der Waals surface area contributed by atoms with Crippen molar-refractivity contribution in [2.24, 2.45) is 0 Å². The number of ether oxygens (including phenoxy) is 2. The number of benzene rings is 1. The first kappa shape index (κ1) is 15.0. The van der Waals surface area contributed by atoms with Gasteiger partial charge in [-0.25, -0.2) is 0 Å². The third-order valence-electron chi connectivity index (χ3n) is 4.46. The highest BCUT2D eigenvalue weighted by atomic mass is 16.5. The monoisotopic (exact) mass is 278 g/mol. The van der Waals surface area contributed by atoms with E-state index in [0.29, 0.717) is 0 Å². The maximum Gasteiger partial charge on any atom is 0.142 e. The van der Waals surface area contributed by atoms with Crippen LogP contribution < -0.4 is 19.7 Å². The molecule has 1 fully saturated rings. The Balaban J connectivity index is 2.30. The zero-order valence-electron chi connectivity index (χ0n) is 13.0. The molecule has 0 radical (unpaired) electrons. The molecule has 0 atom stereocenters. The summed E-state index contributed by atoms with van der Waals surface area (Å²) in [5, 5.41) is 3.68. The van der Waals surface area contributed by atoms with Crippen molar-refractivity contribution >= 4 is 5.69 Å². The van der Waals surface area contributed by atoms with E-state index in [1.807, 2.05) is 12.1 Å². The molecule has 0 aliphatic carbocycles. The standard InChI is InChI=1S/C16H26N2O2/c1-5-16(6-2)12-18(10-9-17-16)14-11-13(19-3)7-8-15(14)20-4/h7-8,11,17H,5-6,9-10,12H2,1-4H3. The Bertz CT molecular complexity index is 444. The van der Waals surface area contributed by atoms with Crippen LogP contribution in [0.5, 0.6) is 11.5 Å². The molecule has 0 aromatic heterocycles. The number of nitrogens with zero attached hydrogens (tertiary/aromatic N) is 1. The molecule has 20 heavy (non-hydrogen) atoms. The van der Waals surface area contributed by atoms with Gasteiger partial charge in [0.15, 0.2) is 0 Å². The number of nitrogens with one attached hydrogen (secondary N) is 1. The summed E-state index contributed by atoms with van der Waals surface area (Å²) in [5.74, 6) is 1.78. The first-order chi connectivity index (χ1) is 9.68. The number of piperazine rings is 1. The summed E-state index contributed by atoms with van der Waals surface area (Å²) in [5.41, 5.74) is 1.33. The second kappa shape index (κ2) is 6.35. The molecule has 1 saturated heterocycles. The summed E-state index contributed by atoms with van der Waals surface area (Å²) in [6, 6.07) is 5.99. The van der Waals surface area contributed by atoms with Gasteiger partial charge in [-0.15, -0.1) is 0 Å². The van der Waals surface area contributed by atoms with Gasteiger partial charge in [0.25, 0.3) is 0 Å². The highest BCUT2D eigenvalue weighted by Gasteiger charge is 2.32. The van der Waals surface area contributed by atoms with E-state index in [4.69, 9.17) is 9.47 Å². The maximum absolute atomic E-state index is 5.52. The van der Waals surface area contributed by atoms with E-state index < -0.39 is 0 Å². The molecule has 1 aromatic rings. The molecule has 4 nitrogen and oxygen atoms in total. The SMILES string of the molecule is CCC1(CC)CN(c2cc(OC)ccc2OC)CCN1. The van der Waals surface area contributed by atoms with E-state index in [1.165, 1.54) is 0 Å². The molecule has 0 saturated carbocycles. The lowest BCUT2D eigenvalue weighted by Crippen LogP contribution is -2.60. The van der Waals surface area contributed by atoms with Crippen molar-refractivity contribution in [1.29, 1.82) is 0 Å². The third kappa shape index (κ3) is 2.85. The van der Waals surface area contributed by atoms with Gasteiger partial charge in [0.2, 0.25) is 0 Å². The highest BCUT2D eigenvalue weighted by Crippen LogP contribution is 2.34. The summed E-state index contributed by atoms with van der Waals surface area (Å²) in [4.78, 5) is 2.41. The minimum absolute atomic E-state index is 0.201. The van der Waals surface area contributed by atoms with E-state index in [0.717, 1.165) is 49.7 Å². The van der Waals surface area contributed by atoms with E-state index in [9.17, 15) is 0 Å². The molecule has 0 amide bonds. The Hall–Kier alpha value is -1.42. The van der Waals surface area contributed by atoms with Crippen LogP contribution in [-0.4, -0.2) is 39.4 Å². The molecular weight excluding hydrogens is 252 g/mol. The van der Waals surface area contributed by atoms with Gasteiger partial charge < -0.3 is 19.7 Å². The fourth-order valence-corrected chi connectivity index (χ4v) is 2.93. The Morgan fingerprint density at radius 1 is 1.20 bits per heavy atom. The minimum atomic E-state index is 0.201. The quantitative estimate of drug-likeness (QED) is 0.898. The van der Waals surface area contributed by atoms with Gasteiger partial charge >= 0.3 is 0 Å². The van der Waals surface area contributed by atoms with Gasteiger partial charge in [0.1, 0.15) is 11.5 Å². The van der Waals surface area contributed by atoms with Gasteiger partial charge in [0, 0.05) is 31.2 Å². The number of hydrogen-bond acceptors (Lipinski definition) is 4. The van der Waals surface area contributed by atoms with Gasteiger partial charge in [-0.2, -0.15) is 0 Å². The average Bonchev–Trinajstić information content (AvgIpc) is 2.54. The molecule has 1 aromatic carbocycles. The van der Waals surface area contributed by atoms with E-state index in [2.05, 4.69) is 30.1 Å². The highest BCUT2D eigenvalue weighted by molar-refractivity contribution is 5.62. The van der Waals surface area contributed by atoms with E-state index in [-0.39, 0.29) is 5.54 Å². The summed E-state index contributed by atoms with van der Waals surface area (Å²) in [6.45, 7) is 7.50. The second-order valence-corrected chi connectivity index (χ2v) is 5.37. The van der Waals surface area contributed by atoms with E-state index in [1.54, 1.807) is 14.2 Å². The van der Waals surface area contributed by atoms with Crippen molar-refractivity contribution in [3.05, 3.63) is 18.2 Å². The molecule has 1 aliphatic rings. The molecule has 2 rings (SSSR count). The topological polar surface area (TPSA) is 33.7 Å². The van der Waals surface area contributed by atoms with Crippen LogP contribution in [0, 0.1) is 0 Å². The Morgan fingerprint density at radius 3 is 2.55 bits per heavy atom. The lowest BCUT2D eigenvalue weighted by molar-refractivity contribution is 0.276. The molecule has 1 aliphatic heterocycles. The molecule has 0 bridgehead atoms. The summed E-state index contributed by atoms with van der Waals surface area (Å²) >= 11 is 0. The molecule has 112 valence electrons. The first-order valence-electron chi connectivity index (χ1n) is 7.40. The Labute approximate surface area is 122 Å². The number of anilines is 1. The zero-order valence-corrected chi connectivity index (χ0v) is 13.0. The predicted octanol–water partition coefficient (Wildman–Crippen LogP) is 2.67. The number of hydrogen-bond donors (Lipinski definition) is 1. The van der Waals surface area contributed by atoms with Crippen LogP contribution >= 0.6 is 0 Å². The van der Waals surface area contributed by atoms with Crippen molar-refractivity contribution in [2.75, 3.05) is 38.8 Å². The van der Waals surface area contributed by atoms with Crippen molar-refractivity contribution in [3.63, 3.8) is 0 Å². The van der Waals surface area contributed by atoms with Gasteiger partial charge in [-0.1, -0.05) is 13.8 Å². The van der Waals surface area contributed by atoms with Crippen molar-refractivity contribution in [2.45, 2.75) is 32.2 Å². The van der Waals surface area contributed by atoms with Crippen molar-refractivity contribution < 1.29 is 9.47 Å². The van der Waals surface area contributed by atoms with Gasteiger partial charge in [0.05, 0.1) is 19.9 Å². The molecule has 0 unspecified atom stereocenters.